The second-order valence-corrected chi connectivity index (χ2v) is 9.59. The Hall–Kier alpha value is -3.34. The molecule has 0 saturated carbocycles. The largest absolute Gasteiger partial charge is 0.456 e. The predicted octanol–water partition coefficient (Wildman–Crippen LogP) is 7.61. The average molecular weight is 479 g/mol. The van der Waals surface area contributed by atoms with Crippen LogP contribution in [0.4, 0.5) is 0 Å². The summed E-state index contributed by atoms with van der Waals surface area (Å²) >= 11 is 0. The molecule has 188 valence electrons. The number of ether oxygens (including phenoxy) is 3. The van der Waals surface area contributed by atoms with Gasteiger partial charge in [-0.2, -0.15) is 0 Å². The highest BCUT2D eigenvalue weighted by molar-refractivity contribution is 5.79. The van der Waals surface area contributed by atoms with Crippen molar-refractivity contribution in [2.24, 2.45) is 0 Å². The van der Waals surface area contributed by atoms with Crippen LogP contribution in [-0.2, 0) is 14.3 Å². The van der Waals surface area contributed by atoms with Gasteiger partial charge in [0.25, 0.3) is 0 Å². The van der Waals surface area contributed by atoms with Gasteiger partial charge in [-0.25, -0.2) is 0 Å². The van der Waals surface area contributed by atoms with Crippen molar-refractivity contribution >= 4 is 23.5 Å². The molecule has 0 atom stereocenters. The van der Waals surface area contributed by atoms with E-state index < -0.39 is 0 Å². The standard InChI is InChI=1S/C30H38O5/c1-15(2)27(25-13-17(5)29(33-23(11)31)21(9)19(25)7)35-28(16(3)4)26-14-18(6)30(34-24(12)32)22(10)20(26)8/h13-14H,1-12H3. The van der Waals surface area contributed by atoms with Crippen LogP contribution in [0, 0.1) is 41.5 Å². The molecular weight excluding hydrogens is 440 g/mol. The number of aryl methyl sites for hydroxylation is 2. The first-order chi connectivity index (χ1) is 16.2. The van der Waals surface area contributed by atoms with E-state index in [0.717, 1.165) is 67.2 Å². The van der Waals surface area contributed by atoms with Gasteiger partial charge in [0.15, 0.2) is 0 Å². The van der Waals surface area contributed by atoms with Crippen molar-refractivity contribution in [2.75, 3.05) is 0 Å². The fraction of sp³-hybridized carbons (Fsp3) is 0.400. The minimum absolute atomic E-state index is 0.340. The third-order valence-corrected chi connectivity index (χ3v) is 6.15. The van der Waals surface area contributed by atoms with E-state index in [1.54, 1.807) is 0 Å². The first-order valence-electron chi connectivity index (χ1n) is 11.8. The Kier molecular flexibility index (Phi) is 8.72. The number of hydrogen-bond donors (Lipinski definition) is 0. The van der Waals surface area contributed by atoms with Crippen LogP contribution in [0.5, 0.6) is 11.5 Å². The van der Waals surface area contributed by atoms with Gasteiger partial charge in [-0.1, -0.05) is 0 Å². The van der Waals surface area contributed by atoms with Crippen LogP contribution in [0.15, 0.2) is 23.3 Å². The summed E-state index contributed by atoms with van der Waals surface area (Å²) in [6.45, 7) is 22.7. The Balaban J connectivity index is 2.69. The quantitative estimate of drug-likeness (QED) is 0.243. The molecule has 0 N–H and O–H groups in total. The van der Waals surface area contributed by atoms with Crippen LogP contribution in [0.3, 0.4) is 0 Å². The predicted molar refractivity (Wildman–Crippen MR) is 142 cm³/mol. The lowest BCUT2D eigenvalue weighted by atomic mass is 9.94. The molecule has 0 aliphatic heterocycles. The SMILES string of the molecule is CC(=O)Oc1c(C)cc(C(OC(=C(C)C)c2cc(C)c(OC(C)=O)c(C)c2C)=C(C)C)c(C)c1C. The molecule has 0 unspecified atom stereocenters. The van der Waals surface area contributed by atoms with Crippen molar-refractivity contribution in [3.63, 3.8) is 0 Å². The maximum absolute atomic E-state index is 11.6. The molecular formula is C30H38O5. The Morgan fingerprint density at radius 1 is 0.543 bits per heavy atom. The molecule has 0 aliphatic carbocycles. The summed E-state index contributed by atoms with van der Waals surface area (Å²) in [5.41, 5.74) is 9.49. The fourth-order valence-corrected chi connectivity index (χ4v) is 4.14. The maximum atomic E-state index is 11.6. The van der Waals surface area contributed by atoms with Crippen LogP contribution in [0.2, 0.25) is 0 Å². The molecule has 2 aromatic carbocycles. The zero-order chi connectivity index (χ0) is 26.8. The first-order valence-corrected chi connectivity index (χ1v) is 11.8. The molecule has 0 heterocycles. The maximum Gasteiger partial charge on any atom is 0.308 e. The molecule has 0 bridgehead atoms. The van der Waals surface area contributed by atoms with E-state index in [2.05, 4.69) is 0 Å². The second-order valence-electron chi connectivity index (χ2n) is 9.59. The lowest BCUT2D eigenvalue weighted by molar-refractivity contribution is -0.132. The van der Waals surface area contributed by atoms with E-state index in [9.17, 15) is 9.59 Å². The van der Waals surface area contributed by atoms with Gasteiger partial charge in [-0.05, 0) is 126 Å². The van der Waals surface area contributed by atoms with Gasteiger partial charge in [0.05, 0.1) is 0 Å². The summed E-state index contributed by atoms with van der Waals surface area (Å²) in [5, 5.41) is 0. The van der Waals surface area contributed by atoms with Gasteiger partial charge in [-0.15, -0.1) is 0 Å². The highest BCUT2D eigenvalue weighted by Crippen LogP contribution is 2.39. The number of esters is 2. The Morgan fingerprint density at radius 2 is 0.857 bits per heavy atom. The highest BCUT2D eigenvalue weighted by atomic mass is 16.5. The third-order valence-electron chi connectivity index (χ3n) is 6.15. The number of benzene rings is 2. The van der Waals surface area contributed by atoms with Gasteiger partial charge in [0, 0.05) is 25.0 Å². The summed E-state index contributed by atoms with van der Waals surface area (Å²) in [5.74, 6) is 2.03. The molecule has 35 heavy (non-hydrogen) atoms. The number of allylic oxidation sites excluding steroid dienone is 2. The lowest BCUT2D eigenvalue weighted by Gasteiger charge is -2.23. The normalized spacial score (nSPS) is 10.5. The molecule has 5 nitrogen and oxygen atoms in total. The van der Waals surface area contributed by atoms with E-state index in [4.69, 9.17) is 14.2 Å². The second kappa shape index (κ2) is 10.9. The molecule has 2 aromatic rings. The van der Waals surface area contributed by atoms with Gasteiger partial charge >= 0.3 is 11.9 Å². The van der Waals surface area contributed by atoms with Crippen molar-refractivity contribution in [2.45, 2.75) is 83.1 Å². The smallest absolute Gasteiger partial charge is 0.308 e. The van der Waals surface area contributed by atoms with E-state index in [-0.39, 0.29) is 11.9 Å². The zero-order valence-electron chi connectivity index (χ0n) is 23.2. The van der Waals surface area contributed by atoms with Crippen molar-refractivity contribution in [1.82, 2.24) is 0 Å². The van der Waals surface area contributed by atoms with Crippen LogP contribution < -0.4 is 9.47 Å². The van der Waals surface area contributed by atoms with Gasteiger partial charge in [0.2, 0.25) is 0 Å². The molecule has 0 radical (unpaired) electrons. The highest BCUT2D eigenvalue weighted by Gasteiger charge is 2.22. The number of carbonyl (C=O) groups is 2. The summed E-state index contributed by atoms with van der Waals surface area (Å²) in [6, 6.07) is 4.03. The van der Waals surface area contributed by atoms with Crippen molar-refractivity contribution < 1.29 is 23.8 Å². The van der Waals surface area contributed by atoms with Crippen LogP contribution in [0.25, 0.3) is 11.5 Å². The topological polar surface area (TPSA) is 61.8 Å². The van der Waals surface area contributed by atoms with Crippen LogP contribution in [0.1, 0.15) is 86.1 Å². The molecule has 0 aromatic heterocycles. The molecule has 0 spiro atoms. The Bertz CT molecular complexity index is 1150. The minimum Gasteiger partial charge on any atom is -0.456 e. The summed E-state index contributed by atoms with van der Waals surface area (Å²) in [4.78, 5) is 23.2. The van der Waals surface area contributed by atoms with Gasteiger partial charge < -0.3 is 14.2 Å². The fourth-order valence-electron chi connectivity index (χ4n) is 4.14. The van der Waals surface area contributed by atoms with E-state index in [0.29, 0.717) is 11.5 Å². The molecule has 0 amide bonds. The number of hydrogen-bond acceptors (Lipinski definition) is 5. The molecule has 5 heteroatoms. The molecule has 2 rings (SSSR count). The van der Waals surface area contributed by atoms with E-state index in [1.165, 1.54) is 13.8 Å². The third kappa shape index (κ3) is 6.02. The zero-order valence-corrected chi connectivity index (χ0v) is 23.2. The summed E-state index contributed by atoms with van der Waals surface area (Å²) in [6.07, 6.45) is 0. The van der Waals surface area contributed by atoms with Crippen molar-refractivity contribution in [3.05, 3.63) is 67.8 Å². The molecule has 0 fully saturated rings. The summed E-state index contributed by atoms with van der Waals surface area (Å²) in [7, 11) is 0. The number of rotatable bonds is 6. The summed E-state index contributed by atoms with van der Waals surface area (Å²) < 4.78 is 17.7. The Labute approximate surface area is 209 Å². The first kappa shape index (κ1) is 27.9. The van der Waals surface area contributed by atoms with Crippen molar-refractivity contribution in [1.29, 1.82) is 0 Å². The Morgan fingerprint density at radius 3 is 1.11 bits per heavy atom. The molecule has 0 aliphatic rings. The average Bonchev–Trinajstić information content (AvgIpc) is 2.74. The van der Waals surface area contributed by atoms with Crippen molar-refractivity contribution in [3.8, 4) is 11.5 Å². The minimum atomic E-state index is -0.340. The van der Waals surface area contributed by atoms with Gasteiger partial charge in [0.1, 0.15) is 23.0 Å². The monoisotopic (exact) mass is 478 g/mol. The van der Waals surface area contributed by atoms with Crippen LogP contribution in [-0.4, -0.2) is 11.9 Å². The number of carbonyl (C=O) groups excluding carboxylic acids is 2. The lowest BCUT2D eigenvalue weighted by Crippen LogP contribution is -2.09. The van der Waals surface area contributed by atoms with Crippen LogP contribution >= 0.6 is 0 Å². The van der Waals surface area contributed by atoms with E-state index in [1.807, 2.05) is 81.4 Å². The van der Waals surface area contributed by atoms with Gasteiger partial charge in [-0.3, -0.25) is 9.59 Å². The van der Waals surface area contributed by atoms with E-state index >= 15 is 0 Å². The molecule has 0 saturated heterocycles.